The summed E-state index contributed by atoms with van der Waals surface area (Å²) >= 11 is 5.94. The summed E-state index contributed by atoms with van der Waals surface area (Å²) in [5.74, 6) is -1.85. The molecule has 0 fully saturated rings. The molecule has 0 unspecified atom stereocenters. The fraction of sp³-hybridized carbons (Fsp3) is 0.154. The Kier molecular flexibility index (Phi) is 3.85. The predicted molar refractivity (Wildman–Crippen MR) is 70.0 cm³/mol. The SMILES string of the molecule is CNc1nc(Oc2cc(C)ccc2Cl)c(F)cc1F. The molecule has 2 aromatic rings. The van der Waals surface area contributed by atoms with Gasteiger partial charge in [-0.2, -0.15) is 4.98 Å². The summed E-state index contributed by atoms with van der Waals surface area (Å²) in [6.07, 6.45) is 0. The van der Waals surface area contributed by atoms with Gasteiger partial charge < -0.3 is 10.1 Å². The molecule has 0 aliphatic carbocycles. The molecule has 0 saturated heterocycles. The smallest absolute Gasteiger partial charge is 0.258 e. The zero-order valence-electron chi connectivity index (χ0n) is 10.3. The van der Waals surface area contributed by atoms with Crippen LogP contribution in [0.1, 0.15) is 5.56 Å². The van der Waals surface area contributed by atoms with Gasteiger partial charge in [0.25, 0.3) is 5.88 Å². The molecule has 0 radical (unpaired) electrons. The lowest BCUT2D eigenvalue weighted by Crippen LogP contribution is -2.01. The number of ether oxygens (including phenoxy) is 1. The molecule has 0 aliphatic rings. The van der Waals surface area contributed by atoms with Crippen LogP contribution in [0.4, 0.5) is 14.6 Å². The Morgan fingerprint density at radius 1 is 1.21 bits per heavy atom. The maximum Gasteiger partial charge on any atom is 0.258 e. The quantitative estimate of drug-likeness (QED) is 0.919. The van der Waals surface area contributed by atoms with Gasteiger partial charge in [0.15, 0.2) is 17.5 Å². The van der Waals surface area contributed by atoms with Crippen LogP contribution in [0.3, 0.4) is 0 Å². The first-order valence-electron chi connectivity index (χ1n) is 5.49. The molecule has 0 amide bonds. The standard InChI is InChI=1S/C13H11ClF2N2O/c1-7-3-4-8(14)11(5-7)19-13-10(16)6-9(15)12(17-2)18-13/h3-6H,1-2H3,(H,17,18). The van der Waals surface area contributed by atoms with E-state index in [0.717, 1.165) is 5.56 Å². The fourth-order valence-corrected chi connectivity index (χ4v) is 1.65. The van der Waals surface area contributed by atoms with Crippen LogP contribution >= 0.6 is 11.6 Å². The molecule has 1 aromatic carbocycles. The second kappa shape index (κ2) is 5.40. The van der Waals surface area contributed by atoms with Gasteiger partial charge in [0.1, 0.15) is 5.75 Å². The van der Waals surface area contributed by atoms with E-state index >= 15 is 0 Å². The third-order valence-corrected chi connectivity index (χ3v) is 2.74. The van der Waals surface area contributed by atoms with Crippen molar-refractivity contribution in [2.45, 2.75) is 6.92 Å². The minimum Gasteiger partial charge on any atom is -0.435 e. The largest absolute Gasteiger partial charge is 0.435 e. The van der Waals surface area contributed by atoms with Crippen LogP contribution in [0.2, 0.25) is 5.02 Å². The van der Waals surface area contributed by atoms with E-state index < -0.39 is 11.6 Å². The van der Waals surface area contributed by atoms with E-state index in [9.17, 15) is 8.78 Å². The zero-order chi connectivity index (χ0) is 14.0. The van der Waals surface area contributed by atoms with Gasteiger partial charge in [-0.3, -0.25) is 0 Å². The van der Waals surface area contributed by atoms with Crippen LogP contribution in [-0.4, -0.2) is 12.0 Å². The molecule has 19 heavy (non-hydrogen) atoms. The molecule has 0 spiro atoms. The van der Waals surface area contributed by atoms with Gasteiger partial charge in [0.2, 0.25) is 0 Å². The van der Waals surface area contributed by atoms with Gasteiger partial charge in [-0.25, -0.2) is 8.78 Å². The fourth-order valence-electron chi connectivity index (χ4n) is 1.49. The second-order valence-corrected chi connectivity index (χ2v) is 4.30. The number of nitrogens with zero attached hydrogens (tertiary/aromatic N) is 1. The first-order chi connectivity index (χ1) is 9.01. The molecule has 0 saturated carbocycles. The Hall–Kier alpha value is -1.88. The minimum absolute atomic E-state index is 0.0971. The van der Waals surface area contributed by atoms with Crippen LogP contribution < -0.4 is 10.1 Å². The number of hydrogen-bond donors (Lipinski definition) is 1. The number of anilines is 1. The Morgan fingerprint density at radius 3 is 2.63 bits per heavy atom. The Bertz CT molecular complexity index is 620. The lowest BCUT2D eigenvalue weighted by Gasteiger charge is -2.10. The topological polar surface area (TPSA) is 34.2 Å². The number of aryl methyl sites for hydroxylation is 1. The Labute approximate surface area is 114 Å². The van der Waals surface area contributed by atoms with Gasteiger partial charge in [0, 0.05) is 13.1 Å². The van der Waals surface area contributed by atoms with Crippen molar-refractivity contribution in [3.63, 3.8) is 0 Å². The second-order valence-electron chi connectivity index (χ2n) is 3.89. The summed E-state index contributed by atoms with van der Waals surface area (Å²) in [6, 6.07) is 5.78. The summed E-state index contributed by atoms with van der Waals surface area (Å²) < 4.78 is 32.1. The summed E-state index contributed by atoms with van der Waals surface area (Å²) in [7, 11) is 1.48. The molecule has 3 nitrogen and oxygen atoms in total. The highest BCUT2D eigenvalue weighted by atomic mass is 35.5. The van der Waals surface area contributed by atoms with Crippen molar-refractivity contribution >= 4 is 17.4 Å². The number of benzene rings is 1. The van der Waals surface area contributed by atoms with Crippen LogP contribution in [0, 0.1) is 18.6 Å². The minimum atomic E-state index is -0.894. The van der Waals surface area contributed by atoms with Crippen molar-refractivity contribution in [2.24, 2.45) is 0 Å². The van der Waals surface area contributed by atoms with Crippen molar-refractivity contribution in [3.8, 4) is 11.6 Å². The van der Waals surface area contributed by atoms with E-state index in [4.69, 9.17) is 16.3 Å². The van der Waals surface area contributed by atoms with Crippen molar-refractivity contribution in [2.75, 3.05) is 12.4 Å². The van der Waals surface area contributed by atoms with E-state index in [1.165, 1.54) is 7.05 Å². The van der Waals surface area contributed by atoms with E-state index in [2.05, 4.69) is 10.3 Å². The van der Waals surface area contributed by atoms with Crippen molar-refractivity contribution in [1.29, 1.82) is 0 Å². The van der Waals surface area contributed by atoms with E-state index in [1.54, 1.807) is 18.2 Å². The molecule has 1 N–H and O–H groups in total. The summed E-state index contributed by atoms with van der Waals surface area (Å²) in [6.45, 7) is 1.84. The van der Waals surface area contributed by atoms with Crippen molar-refractivity contribution in [3.05, 3.63) is 46.5 Å². The average Bonchev–Trinajstić information content (AvgIpc) is 2.37. The van der Waals surface area contributed by atoms with Gasteiger partial charge in [-0.15, -0.1) is 0 Å². The summed E-state index contributed by atoms with van der Waals surface area (Å²) in [5.41, 5.74) is 0.899. The molecular weight excluding hydrogens is 274 g/mol. The lowest BCUT2D eigenvalue weighted by molar-refractivity contribution is 0.418. The number of halogens is 3. The number of nitrogens with one attached hydrogen (secondary N) is 1. The molecule has 2 rings (SSSR count). The Balaban J connectivity index is 2.40. The maximum absolute atomic E-state index is 13.6. The van der Waals surface area contributed by atoms with E-state index in [1.807, 2.05) is 6.92 Å². The van der Waals surface area contributed by atoms with E-state index in [-0.39, 0.29) is 17.4 Å². The number of pyridine rings is 1. The molecule has 0 bridgehead atoms. The van der Waals surface area contributed by atoms with Crippen molar-refractivity contribution < 1.29 is 13.5 Å². The maximum atomic E-state index is 13.6. The molecule has 0 atom stereocenters. The molecule has 0 aliphatic heterocycles. The summed E-state index contributed by atoms with van der Waals surface area (Å²) in [4.78, 5) is 3.71. The predicted octanol–water partition coefficient (Wildman–Crippen LogP) is 4.16. The molecule has 1 aromatic heterocycles. The van der Waals surface area contributed by atoms with Crippen LogP contribution in [0.15, 0.2) is 24.3 Å². The zero-order valence-corrected chi connectivity index (χ0v) is 11.1. The van der Waals surface area contributed by atoms with Gasteiger partial charge >= 0.3 is 0 Å². The molecular formula is C13H11ClF2N2O. The van der Waals surface area contributed by atoms with Crippen LogP contribution in [0.25, 0.3) is 0 Å². The highest BCUT2D eigenvalue weighted by molar-refractivity contribution is 6.32. The summed E-state index contributed by atoms with van der Waals surface area (Å²) in [5, 5.41) is 2.83. The first-order valence-corrected chi connectivity index (χ1v) is 5.87. The first kappa shape index (κ1) is 13.5. The Morgan fingerprint density at radius 2 is 1.95 bits per heavy atom. The highest BCUT2D eigenvalue weighted by Crippen LogP contribution is 2.31. The average molecular weight is 285 g/mol. The number of rotatable bonds is 3. The van der Waals surface area contributed by atoms with E-state index in [0.29, 0.717) is 11.1 Å². The molecule has 1 heterocycles. The van der Waals surface area contributed by atoms with Gasteiger partial charge in [0.05, 0.1) is 5.02 Å². The third-order valence-electron chi connectivity index (χ3n) is 2.43. The van der Waals surface area contributed by atoms with Gasteiger partial charge in [-0.05, 0) is 24.6 Å². The monoisotopic (exact) mass is 284 g/mol. The van der Waals surface area contributed by atoms with Crippen molar-refractivity contribution in [1.82, 2.24) is 4.98 Å². The van der Waals surface area contributed by atoms with Gasteiger partial charge in [-0.1, -0.05) is 17.7 Å². The molecule has 6 heteroatoms. The highest BCUT2D eigenvalue weighted by Gasteiger charge is 2.14. The normalized spacial score (nSPS) is 10.4. The van der Waals surface area contributed by atoms with Crippen LogP contribution in [0.5, 0.6) is 11.6 Å². The number of hydrogen-bond acceptors (Lipinski definition) is 3. The van der Waals surface area contributed by atoms with Crippen LogP contribution in [-0.2, 0) is 0 Å². The third kappa shape index (κ3) is 2.93. The number of aromatic nitrogens is 1. The molecule has 100 valence electrons. The lowest BCUT2D eigenvalue weighted by atomic mass is 10.2.